The summed E-state index contributed by atoms with van der Waals surface area (Å²) >= 11 is 0. The van der Waals surface area contributed by atoms with Crippen molar-refractivity contribution in [2.45, 2.75) is 18.8 Å². The number of amides is 1. The lowest BCUT2D eigenvalue weighted by Gasteiger charge is -2.32. The number of nitrogens with zero attached hydrogens (tertiary/aromatic N) is 3. The second-order valence-corrected chi connectivity index (χ2v) is 7.28. The lowest BCUT2D eigenvalue weighted by molar-refractivity contribution is -0.130. The Labute approximate surface area is 175 Å². The van der Waals surface area contributed by atoms with Gasteiger partial charge in [-0.25, -0.2) is 14.4 Å². The van der Waals surface area contributed by atoms with Gasteiger partial charge in [0.25, 0.3) is 0 Å². The first-order chi connectivity index (χ1) is 14.7. The summed E-state index contributed by atoms with van der Waals surface area (Å²) in [6.45, 7) is 1.43. The van der Waals surface area contributed by atoms with Crippen molar-refractivity contribution in [3.63, 3.8) is 0 Å². The van der Waals surface area contributed by atoms with Crippen LogP contribution in [0.25, 0.3) is 0 Å². The van der Waals surface area contributed by atoms with Crippen LogP contribution in [0.15, 0.2) is 66.9 Å². The highest BCUT2D eigenvalue weighted by molar-refractivity contribution is 5.81. The van der Waals surface area contributed by atoms with Crippen molar-refractivity contribution in [3.05, 3.63) is 78.4 Å². The summed E-state index contributed by atoms with van der Waals surface area (Å²) in [7, 11) is 0. The molecule has 0 spiro atoms. The van der Waals surface area contributed by atoms with E-state index in [1.165, 1.54) is 6.07 Å². The van der Waals surface area contributed by atoms with Crippen molar-refractivity contribution in [1.82, 2.24) is 14.9 Å². The highest BCUT2D eigenvalue weighted by Gasteiger charge is 2.24. The SMILES string of the molecule is O=C(CNc1ccccc1F)N1CCC(c2cccc(Nc3ccccn3)n2)CC1. The van der Waals surface area contributed by atoms with Crippen molar-refractivity contribution >= 4 is 23.2 Å². The second-order valence-electron chi connectivity index (χ2n) is 7.28. The van der Waals surface area contributed by atoms with Gasteiger partial charge in [-0.15, -0.1) is 0 Å². The lowest BCUT2D eigenvalue weighted by Crippen LogP contribution is -2.41. The average Bonchev–Trinajstić information content (AvgIpc) is 2.79. The van der Waals surface area contributed by atoms with Gasteiger partial charge in [0.05, 0.1) is 12.2 Å². The summed E-state index contributed by atoms with van der Waals surface area (Å²) in [5.74, 6) is 1.45. The van der Waals surface area contributed by atoms with Crippen LogP contribution in [-0.2, 0) is 4.79 Å². The van der Waals surface area contributed by atoms with E-state index in [0.29, 0.717) is 24.7 Å². The number of hydrogen-bond acceptors (Lipinski definition) is 5. The van der Waals surface area contributed by atoms with Crippen LogP contribution >= 0.6 is 0 Å². The fourth-order valence-electron chi connectivity index (χ4n) is 3.63. The number of halogens is 1. The number of likely N-dealkylation sites (tertiary alicyclic amines) is 1. The van der Waals surface area contributed by atoms with E-state index in [-0.39, 0.29) is 18.3 Å². The minimum atomic E-state index is -0.353. The first kappa shape index (κ1) is 19.8. The van der Waals surface area contributed by atoms with Gasteiger partial charge in [-0.3, -0.25) is 4.79 Å². The normalized spacial score (nSPS) is 14.4. The monoisotopic (exact) mass is 405 g/mol. The van der Waals surface area contributed by atoms with Crippen LogP contribution in [0.2, 0.25) is 0 Å². The third-order valence-corrected chi connectivity index (χ3v) is 5.26. The number of piperidine rings is 1. The Balaban J connectivity index is 1.30. The van der Waals surface area contributed by atoms with Gasteiger partial charge in [-0.05, 0) is 49.2 Å². The zero-order valence-corrected chi connectivity index (χ0v) is 16.6. The average molecular weight is 405 g/mol. The standard InChI is InChI=1S/C23H24FN5O/c24-18-6-1-2-7-20(18)26-16-23(30)29-14-11-17(12-15-29)19-8-5-10-22(27-19)28-21-9-3-4-13-25-21/h1-10,13,17,26H,11-12,14-16H2,(H,25,27,28). The van der Waals surface area contributed by atoms with Gasteiger partial charge in [-0.1, -0.05) is 24.3 Å². The molecule has 2 aromatic heterocycles. The second kappa shape index (κ2) is 9.35. The molecule has 30 heavy (non-hydrogen) atoms. The molecule has 3 heterocycles. The molecule has 0 bridgehead atoms. The van der Waals surface area contributed by atoms with E-state index in [4.69, 9.17) is 4.98 Å². The van der Waals surface area contributed by atoms with E-state index in [0.717, 1.165) is 30.2 Å². The molecule has 3 aromatic rings. The number of aromatic nitrogens is 2. The maximum atomic E-state index is 13.7. The Morgan fingerprint density at radius 1 is 1.00 bits per heavy atom. The van der Waals surface area contributed by atoms with E-state index in [1.807, 2.05) is 41.3 Å². The van der Waals surface area contributed by atoms with Crippen LogP contribution in [0, 0.1) is 5.82 Å². The predicted octanol–water partition coefficient (Wildman–Crippen LogP) is 4.18. The highest BCUT2D eigenvalue weighted by atomic mass is 19.1. The number of carbonyl (C=O) groups excluding carboxylic acids is 1. The highest BCUT2D eigenvalue weighted by Crippen LogP contribution is 2.28. The molecule has 1 fully saturated rings. The molecule has 0 atom stereocenters. The van der Waals surface area contributed by atoms with Crippen molar-refractivity contribution in [2.75, 3.05) is 30.3 Å². The largest absolute Gasteiger partial charge is 0.374 e. The van der Waals surface area contributed by atoms with Crippen LogP contribution in [0.3, 0.4) is 0 Å². The van der Waals surface area contributed by atoms with Crippen molar-refractivity contribution in [3.8, 4) is 0 Å². The molecule has 7 heteroatoms. The van der Waals surface area contributed by atoms with E-state index in [1.54, 1.807) is 24.4 Å². The zero-order chi connectivity index (χ0) is 20.8. The third kappa shape index (κ3) is 4.92. The third-order valence-electron chi connectivity index (χ3n) is 5.26. The van der Waals surface area contributed by atoms with Gasteiger partial charge in [0, 0.05) is 30.9 Å². The van der Waals surface area contributed by atoms with Crippen LogP contribution in [0.4, 0.5) is 21.7 Å². The quantitative estimate of drug-likeness (QED) is 0.644. The molecular formula is C23H24FN5O. The van der Waals surface area contributed by atoms with Crippen molar-refractivity contribution in [2.24, 2.45) is 0 Å². The number of pyridine rings is 2. The van der Waals surface area contributed by atoms with Gasteiger partial charge in [0.15, 0.2) is 0 Å². The number of anilines is 3. The summed E-state index contributed by atoms with van der Waals surface area (Å²) in [5, 5.41) is 6.11. The van der Waals surface area contributed by atoms with E-state index >= 15 is 0 Å². The number of para-hydroxylation sites is 1. The number of nitrogens with one attached hydrogen (secondary N) is 2. The summed E-state index contributed by atoms with van der Waals surface area (Å²) in [6, 6.07) is 18.0. The summed E-state index contributed by atoms with van der Waals surface area (Å²) in [4.78, 5) is 23.3. The van der Waals surface area contributed by atoms with Gasteiger partial charge < -0.3 is 15.5 Å². The fourth-order valence-corrected chi connectivity index (χ4v) is 3.63. The first-order valence-corrected chi connectivity index (χ1v) is 10.1. The van der Waals surface area contributed by atoms with Gasteiger partial charge in [0.2, 0.25) is 5.91 Å². The minimum absolute atomic E-state index is 0.0183. The number of hydrogen-bond donors (Lipinski definition) is 2. The van der Waals surface area contributed by atoms with E-state index < -0.39 is 0 Å². The molecule has 2 N–H and O–H groups in total. The van der Waals surface area contributed by atoms with E-state index in [2.05, 4.69) is 15.6 Å². The summed E-state index contributed by atoms with van der Waals surface area (Å²) < 4.78 is 13.7. The van der Waals surface area contributed by atoms with Crippen LogP contribution in [0.1, 0.15) is 24.5 Å². The van der Waals surface area contributed by atoms with Crippen LogP contribution in [0.5, 0.6) is 0 Å². The molecule has 1 aliphatic rings. The van der Waals surface area contributed by atoms with Crippen molar-refractivity contribution < 1.29 is 9.18 Å². The molecule has 0 saturated carbocycles. The zero-order valence-electron chi connectivity index (χ0n) is 16.6. The molecule has 0 unspecified atom stereocenters. The summed E-state index contributed by atoms with van der Waals surface area (Å²) in [6.07, 6.45) is 3.44. The van der Waals surface area contributed by atoms with Crippen LogP contribution in [-0.4, -0.2) is 40.4 Å². The fraction of sp³-hybridized carbons (Fsp3) is 0.261. The molecule has 1 amide bonds. The number of carbonyl (C=O) groups is 1. The Morgan fingerprint density at radius 2 is 1.77 bits per heavy atom. The molecular weight excluding hydrogens is 381 g/mol. The molecule has 1 aromatic carbocycles. The molecule has 1 aliphatic heterocycles. The van der Waals surface area contributed by atoms with Gasteiger partial charge in [-0.2, -0.15) is 0 Å². The molecule has 0 aliphatic carbocycles. The molecule has 4 rings (SSSR count). The van der Waals surface area contributed by atoms with E-state index in [9.17, 15) is 9.18 Å². The Kier molecular flexibility index (Phi) is 6.17. The number of benzene rings is 1. The maximum Gasteiger partial charge on any atom is 0.241 e. The Morgan fingerprint density at radius 3 is 2.53 bits per heavy atom. The maximum absolute atomic E-state index is 13.7. The van der Waals surface area contributed by atoms with Crippen molar-refractivity contribution in [1.29, 1.82) is 0 Å². The Bertz CT molecular complexity index is 990. The molecule has 154 valence electrons. The molecule has 0 radical (unpaired) electrons. The molecule has 6 nitrogen and oxygen atoms in total. The van der Waals surface area contributed by atoms with Gasteiger partial charge >= 0.3 is 0 Å². The first-order valence-electron chi connectivity index (χ1n) is 10.1. The van der Waals surface area contributed by atoms with Crippen LogP contribution < -0.4 is 10.6 Å². The van der Waals surface area contributed by atoms with Gasteiger partial charge in [0.1, 0.15) is 17.5 Å². The minimum Gasteiger partial charge on any atom is -0.374 e. The predicted molar refractivity (Wildman–Crippen MR) is 115 cm³/mol. The molecule has 1 saturated heterocycles. The topological polar surface area (TPSA) is 70.2 Å². The smallest absolute Gasteiger partial charge is 0.241 e. The lowest BCUT2D eigenvalue weighted by atomic mass is 9.93. The summed E-state index contributed by atoms with van der Waals surface area (Å²) in [5.41, 5.74) is 1.37. The number of rotatable bonds is 6. The Hall–Kier alpha value is -3.48.